The first-order valence-electron chi connectivity index (χ1n) is 10.4. The molecule has 2 amide bonds. The molecule has 0 saturated carbocycles. The molecular formula is C24H28N2O3. The molecule has 2 aliphatic heterocycles. The predicted octanol–water partition coefficient (Wildman–Crippen LogP) is 3.48. The van der Waals surface area contributed by atoms with Gasteiger partial charge in [0.05, 0.1) is 13.0 Å². The van der Waals surface area contributed by atoms with Crippen LogP contribution in [0.25, 0.3) is 0 Å². The van der Waals surface area contributed by atoms with Crippen molar-refractivity contribution >= 4 is 11.8 Å². The summed E-state index contributed by atoms with van der Waals surface area (Å²) in [4.78, 5) is 30.4. The van der Waals surface area contributed by atoms with Gasteiger partial charge >= 0.3 is 0 Å². The van der Waals surface area contributed by atoms with Gasteiger partial charge in [0.1, 0.15) is 5.75 Å². The zero-order chi connectivity index (χ0) is 20.4. The van der Waals surface area contributed by atoms with E-state index in [1.54, 1.807) is 7.11 Å². The van der Waals surface area contributed by atoms with Crippen molar-refractivity contribution in [1.29, 1.82) is 0 Å². The van der Waals surface area contributed by atoms with Crippen molar-refractivity contribution < 1.29 is 14.3 Å². The van der Waals surface area contributed by atoms with Crippen molar-refractivity contribution in [3.05, 3.63) is 65.2 Å². The lowest BCUT2D eigenvalue weighted by molar-refractivity contribution is -0.134. The Kier molecular flexibility index (Phi) is 5.56. The molecule has 29 heavy (non-hydrogen) atoms. The number of methoxy groups -OCH3 is 1. The number of likely N-dealkylation sites (tertiary alicyclic amines) is 2. The molecule has 2 unspecified atom stereocenters. The summed E-state index contributed by atoms with van der Waals surface area (Å²) < 4.78 is 5.39. The molecule has 0 aromatic heterocycles. The highest BCUT2D eigenvalue weighted by Crippen LogP contribution is 2.36. The first-order valence-corrected chi connectivity index (χ1v) is 10.4. The summed E-state index contributed by atoms with van der Waals surface area (Å²) in [5, 5.41) is 0. The van der Waals surface area contributed by atoms with Gasteiger partial charge in [0.2, 0.25) is 5.91 Å². The van der Waals surface area contributed by atoms with E-state index in [4.69, 9.17) is 4.74 Å². The average molecular weight is 392 g/mol. The number of rotatable bonds is 4. The molecule has 2 atom stereocenters. The Morgan fingerprint density at radius 3 is 2.45 bits per heavy atom. The van der Waals surface area contributed by atoms with Gasteiger partial charge in [-0.3, -0.25) is 9.59 Å². The van der Waals surface area contributed by atoms with E-state index < -0.39 is 0 Å². The summed E-state index contributed by atoms with van der Waals surface area (Å²) in [7, 11) is 1.65. The Balaban J connectivity index is 1.64. The zero-order valence-corrected chi connectivity index (χ0v) is 17.1. The molecule has 2 heterocycles. The molecule has 152 valence electrons. The minimum absolute atomic E-state index is 0.00715. The van der Waals surface area contributed by atoms with Gasteiger partial charge in [-0.05, 0) is 49.1 Å². The van der Waals surface area contributed by atoms with Crippen LogP contribution >= 0.6 is 0 Å². The minimum Gasteiger partial charge on any atom is -0.497 e. The summed E-state index contributed by atoms with van der Waals surface area (Å²) >= 11 is 0. The second-order valence-electron chi connectivity index (χ2n) is 8.05. The smallest absolute Gasteiger partial charge is 0.254 e. The van der Waals surface area contributed by atoms with Crippen molar-refractivity contribution in [1.82, 2.24) is 9.80 Å². The van der Waals surface area contributed by atoms with E-state index in [1.165, 1.54) is 0 Å². The monoisotopic (exact) mass is 392 g/mol. The number of amides is 2. The number of nitrogens with zero attached hydrogens (tertiary/aromatic N) is 2. The summed E-state index contributed by atoms with van der Waals surface area (Å²) in [5.74, 6) is 0.723. The van der Waals surface area contributed by atoms with Crippen molar-refractivity contribution in [2.24, 2.45) is 5.92 Å². The normalized spacial score (nSPS) is 21.4. The van der Waals surface area contributed by atoms with E-state index in [2.05, 4.69) is 0 Å². The minimum atomic E-state index is -0.215. The Labute approximate surface area is 172 Å². The molecule has 2 aromatic carbocycles. The van der Waals surface area contributed by atoms with Gasteiger partial charge in [-0.25, -0.2) is 0 Å². The summed E-state index contributed by atoms with van der Waals surface area (Å²) in [6, 6.07) is 15.6. The third-order valence-electron chi connectivity index (χ3n) is 6.24. The van der Waals surface area contributed by atoms with Gasteiger partial charge in [-0.2, -0.15) is 0 Å². The molecule has 0 aliphatic carbocycles. The molecule has 5 heteroatoms. The summed E-state index contributed by atoms with van der Waals surface area (Å²) in [6.07, 6.45) is 2.13. The van der Waals surface area contributed by atoms with E-state index >= 15 is 0 Å². The molecule has 2 aromatic rings. The van der Waals surface area contributed by atoms with Crippen LogP contribution in [0.5, 0.6) is 5.75 Å². The maximum absolute atomic E-state index is 13.3. The SMILES string of the molecule is COc1cccc(C2CN(C(=O)c3ccccc3C)CC2C(=O)N2CCCC2)c1. The molecule has 4 rings (SSSR count). The Morgan fingerprint density at radius 1 is 0.966 bits per heavy atom. The fraction of sp³-hybridized carbons (Fsp3) is 0.417. The van der Waals surface area contributed by atoms with Crippen LogP contribution in [0, 0.1) is 12.8 Å². The standard InChI is InChI=1S/C24H28N2O3/c1-17-8-3-4-11-20(17)23(27)26-15-21(18-9-7-10-19(14-18)29-2)22(16-26)24(28)25-12-5-6-13-25/h3-4,7-11,14,21-22H,5-6,12-13,15-16H2,1-2H3. The number of hydrogen-bond acceptors (Lipinski definition) is 3. The van der Waals surface area contributed by atoms with E-state index in [0.717, 1.165) is 42.8 Å². The molecule has 0 N–H and O–H groups in total. The maximum Gasteiger partial charge on any atom is 0.254 e. The molecule has 2 saturated heterocycles. The quantitative estimate of drug-likeness (QED) is 0.800. The number of aryl methyl sites for hydroxylation is 1. The van der Waals surface area contributed by atoms with Crippen LogP contribution in [0.15, 0.2) is 48.5 Å². The van der Waals surface area contributed by atoms with E-state index in [-0.39, 0.29) is 23.7 Å². The molecule has 0 radical (unpaired) electrons. The topological polar surface area (TPSA) is 49.9 Å². The van der Waals surface area contributed by atoms with Crippen LogP contribution in [0.2, 0.25) is 0 Å². The third kappa shape index (κ3) is 3.86. The average Bonchev–Trinajstić information content (AvgIpc) is 3.43. The van der Waals surface area contributed by atoms with E-state index in [1.807, 2.05) is 65.3 Å². The van der Waals surface area contributed by atoms with Gasteiger partial charge in [-0.1, -0.05) is 30.3 Å². The maximum atomic E-state index is 13.3. The predicted molar refractivity (Wildman–Crippen MR) is 112 cm³/mol. The van der Waals surface area contributed by atoms with Crippen molar-refractivity contribution in [2.45, 2.75) is 25.7 Å². The van der Waals surface area contributed by atoms with Gasteiger partial charge in [0, 0.05) is 37.7 Å². The molecular weight excluding hydrogens is 364 g/mol. The van der Waals surface area contributed by atoms with E-state index in [9.17, 15) is 9.59 Å². The van der Waals surface area contributed by atoms with Crippen LogP contribution in [-0.4, -0.2) is 54.9 Å². The van der Waals surface area contributed by atoms with Gasteiger partial charge < -0.3 is 14.5 Å². The molecule has 2 aliphatic rings. The summed E-state index contributed by atoms with van der Waals surface area (Å²) in [5.41, 5.74) is 2.73. The van der Waals surface area contributed by atoms with Gasteiger partial charge in [0.25, 0.3) is 5.91 Å². The number of benzene rings is 2. The highest BCUT2D eigenvalue weighted by atomic mass is 16.5. The molecule has 0 spiro atoms. The fourth-order valence-electron chi connectivity index (χ4n) is 4.59. The van der Waals surface area contributed by atoms with E-state index in [0.29, 0.717) is 18.7 Å². The van der Waals surface area contributed by atoms with Crippen LogP contribution in [0.1, 0.15) is 40.2 Å². The number of hydrogen-bond donors (Lipinski definition) is 0. The Bertz CT molecular complexity index is 905. The van der Waals surface area contributed by atoms with Gasteiger partial charge in [0.15, 0.2) is 0 Å². The number of ether oxygens (including phenoxy) is 1. The van der Waals surface area contributed by atoms with Crippen LogP contribution in [-0.2, 0) is 4.79 Å². The summed E-state index contributed by atoms with van der Waals surface area (Å²) in [6.45, 7) is 4.61. The lowest BCUT2D eigenvalue weighted by Crippen LogP contribution is -2.37. The lowest BCUT2D eigenvalue weighted by atomic mass is 9.88. The number of carbonyl (C=O) groups is 2. The lowest BCUT2D eigenvalue weighted by Gasteiger charge is -2.24. The highest BCUT2D eigenvalue weighted by Gasteiger charge is 2.42. The Hall–Kier alpha value is -2.82. The van der Waals surface area contributed by atoms with Crippen LogP contribution in [0.4, 0.5) is 0 Å². The molecule has 5 nitrogen and oxygen atoms in total. The van der Waals surface area contributed by atoms with Crippen LogP contribution < -0.4 is 4.74 Å². The highest BCUT2D eigenvalue weighted by molar-refractivity contribution is 5.96. The first kappa shape index (κ1) is 19.5. The zero-order valence-electron chi connectivity index (χ0n) is 17.1. The molecule has 0 bridgehead atoms. The largest absolute Gasteiger partial charge is 0.497 e. The van der Waals surface area contributed by atoms with Crippen molar-refractivity contribution in [3.63, 3.8) is 0 Å². The van der Waals surface area contributed by atoms with Crippen molar-refractivity contribution in [3.8, 4) is 5.75 Å². The third-order valence-corrected chi connectivity index (χ3v) is 6.24. The van der Waals surface area contributed by atoms with Crippen molar-refractivity contribution in [2.75, 3.05) is 33.3 Å². The first-order chi connectivity index (χ1) is 14.1. The van der Waals surface area contributed by atoms with Gasteiger partial charge in [-0.15, -0.1) is 0 Å². The second kappa shape index (κ2) is 8.27. The number of carbonyl (C=O) groups excluding carboxylic acids is 2. The second-order valence-corrected chi connectivity index (χ2v) is 8.05. The van der Waals surface area contributed by atoms with Crippen LogP contribution in [0.3, 0.4) is 0 Å². The fourth-order valence-corrected chi connectivity index (χ4v) is 4.59. The molecule has 2 fully saturated rings. The Morgan fingerprint density at radius 2 is 1.72 bits per heavy atom.